The highest BCUT2D eigenvalue weighted by molar-refractivity contribution is 5.88. The minimum absolute atomic E-state index is 0.310. The van der Waals surface area contributed by atoms with E-state index in [4.69, 9.17) is 9.84 Å². The first-order valence-electron chi connectivity index (χ1n) is 6.41. The number of ether oxygens (including phenoxy) is 1. The zero-order valence-corrected chi connectivity index (χ0v) is 11.4. The lowest BCUT2D eigenvalue weighted by molar-refractivity contribution is 0.0696. The first-order chi connectivity index (χ1) is 9.10. The van der Waals surface area contributed by atoms with Crippen LogP contribution in [0.15, 0.2) is 18.2 Å². The first-order valence-corrected chi connectivity index (χ1v) is 6.41. The van der Waals surface area contributed by atoms with Crippen molar-refractivity contribution in [3.8, 4) is 5.75 Å². The van der Waals surface area contributed by atoms with Crippen LogP contribution in [-0.2, 0) is 6.54 Å². The molecule has 5 nitrogen and oxygen atoms in total. The molecule has 1 aliphatic heterocycles. The summed E-state index contributed by atoms with van der Waals surface area (Å²) in [6, 6.07) is 5.02. The van der Waals surface area contributed by atoms with Crippen molar-refractivity contribution in [1.82, 2.24) is 9.80 Å². The van der Waals surface area contributed by atoms with Crippen molar-refractivity contribution < 1.29 is 14.6 Å². The molecule has 1 saturated heterocycles. The van der Waals surface area contributed by atoms with Crippen molar-refractivity contribution in [2.45, 2.75) is 6.54 Å². The quantitative estimate of drug-likeness (QED) is 0.884. The van der Waals surface area contributed by atoms with Gasteiger partial charge in [0, 0.05) is 38.3 Å². The SMILES string of the molecule is COc1ccc(C(=O)O)cc1CN1CCN(C)CC1. The maximum atomic E-state index is 11.0. The second-order valence-corrected chi connectivity index (χ2v) is 4.91. The first kappa shape index (κ1) is 13.8. The standard InChI is InChI=1S/C14H20N2O3/c1-15-5-7-16(8-6-15)10-12-9-11(14(17)18)3-4-13(12)19-2/h3-4,9H,5-8,10H2,1-2H3,(H,17,18). The number of hydrogen-bond acceptors (Lipinski definition) is 4. The minimum atomic E-state index is -0.901. The van der Waals surface area contributed by atoms with E-state index in [1.54, 1.807) is 25.3 Å². The van der Waals surface area contributed by atoms with E-state index in [1.807, 2.05) is 0 Å². The van der Waals surface area contributed by atoms with Crippen LogP contribution in [0, 0.1) is 0 Å². The largest absolute Gasteiger partial charge is 0.496 e. The Balaban J connectivity index is 2.13. The van der Waals surface area contributed by atoms with Gasteiger partial charge in [-0.3, -0.25) is 4.90 Å². The van der Waals surface area contributed by atoms with Gasteiger partial charge in [0.1, 0.15) is 5.75 Å². The van der Waals surface area contributed by atoms with Crippen molar-refractivity contribution in [3.05, 3.63) is 29.3 Å². The average molecular weight is 264 g/mol. The molecule has 0 aliphatic carbocycles. The smallest absolute Gasteiger partial charge is 0.335 e. The number of carboxylic acid groups (broad SMARTS) is 1. The Morgan fingerprint density at radius 2 is 2.00 bits per heavy atom. The van der Waals surface area contributed by atoms with Crippen LogP contribution in [0.3, 0.4) is 0 Å². The summed E-state index contributed by atoms with van der Waals surface area (Å²) >= 11 is 0. The Morgan fingerprint density at radius 3 is 2.58 bits per heavy atom. The molecule has 104 valence electrons. The number of methoxy groups -OCH3 is 1. The maximum absolute atomic E-state index is 11.0. The summed E-state index contributed by atoms with van der Waals surface area (Å²) in [5.41, 5.74) is 1.25. The summed E-state index contributed by atoms with van der Waals surface area (Å²) in [5, 5.41) is 9.05. The molecule has 5 heteroatoms. The fourth-order valence-electron chi connectivity index (χ4n) is 2.28. The van der Waals surface area contributed by atoms with Crippen LogP contribution in [0.2, 0.25) is 0 Å². The van der Waals surface area contributed by atoms with Gasteiger partial charge in [-0.15, -0.1) is 0 Å². The molecular weight excluding hydrogens is 244 g/mol. The zero-order valence-electron chi connectivity index (χ0n) is 11.4. The third-order valence-corrected chi connectivity index (χ3v) is 3.52. The van der Waals surface area contributed by atoms with Crippen LogP contribution in [0.25, 0.3) is 0 Å². The molecule has 1 aliphatic rings. The van der Waals surface area contributed by atoms with E-state index in [1.165, 1.54) is 0 Å². The number of carbonyl (C=O) groups is 1. The second kappa shape index (κ2) is 6.04. The summed E-state index contributed by atoms with van der Waals surface area (Å²) in [7, 11) is 3.73. The van der Waals surface area contributed by atoms with Crippen molar-refractivity contribution in [3.63, 3.8) is 0 Å². The maximum Gasteiger partial charge on any atom is 0.335 e. The molecule has 1 heterocycles. The van der Waals surface area contributed by atoms with Crippen LogP contribution < -0.4 is 4.74 Å². The molecule has 1 aromatic rings. The van der Waals surface area contributed by atoms with Crippen LogP contribution in [-0.4, -0.2) is 61.2 Å². The van der Waals surface area contributed by atoms with Crippen molar-refractivity contribution in [2.75, 3.05) is 40.3 Å². The molecule has 1 aromatic carbocycles. The van der Waals surface area contributed by atoms with Gasteiger partial charge in [0.25, 0.3) is 0 Å². The topological polar surface area (TPSA) is 53.0 Å². The van der Waals surface area contributed by atoms with E-state index in [-0.39, 0.29) is 0 Å². The summed E-state index contributed by atoms with van der Waals surface area (Å²) in [4.78, 5) is 15.6. The van der Waals surface area contributed by atoms with E-state index >= 15 is 0 Å². The number of benzene rings is 1. The van der Waals surface area contributed by atoms with Gasteiger partial charge in [-0.25, -0.2) is 4.79 Å². The fourth-order valence-corrected chi connectivity index (χ4v) is 2.28. The fraction of sp³-hybridized carbons (Fsp3) is 0.500. The molecule has 0 radical (unpaired) electrons. The number of carboxylic acids is 1. The summed E-state index contributed by atoms with van der Waals surface area (Å²) in [5.74, 6) is -0.147. The normalized spacial score (nSPS) is 17.4. The summed E-state index contributed by atoms with van der Waals surface area (Å²) < 4.78 is 5.31. The zero-order chi connectivity index (χ0) is 13.8. The number of rotatable bonds is 4. The van der Waals surface area contributed by atoms with Crippen molar-refractivity contribution >= 4 is 5.97 Å². The Bertz CT molecular complexity index is 454. The Morgan fingerprint density at radius 1 is 1.32 bits per heavy atom. The minimum Gasteiger partial charge on any atom is -0.496 e. The van der Waals surface area contributed by atoms with Crippen LogP contribution in [0.5, 0.6) is 5.75 Å². The van der Waals surface area contributed by atoms with E-state index in [0.717, 1.165) is 44.0 Å². The summed E-state index contributed by atoms with van der Waals surface area (Å²) in [6.45, 7) is 4.81. The van der Waals surface area contributed by atoms with Gasteiger partial charge in [0.05, 0.1) is 12.7 Å². The number of nitrogens with zero attached hydrogens (tertiary/aromatic N) is 2. The van der Waals surface area contributed by atoms with Crippen LogP contribution in [0.1, 0.15) is 15.9 Å². The van der Waals surface area contributed by atoms with Gasteiger partial charge in [0.2, 0.25) is 0 Å². The Labute approximate surface area is 113 Å². The third kappa shape index (κ3) is 3.45. The number of likely N-dealkylation sites (N-methyl/N-ethyl adjacent to an activating group) is 1. The van der Waals surface area contributed by atoms with E-state index in [9.17, 15) is 4.79 Å². The van der Waals surface area contributed by atoms with E-state index in [2.05, 4.69) is 16.8 Å². The highest BCUT2D eigenvalue weighted by Crippen LogP contribution is 2.22. The van der Waals surface area contributed by atoms with Crippen LogP contribution >= 0.6 is 0 Å². The monoisotopic (exact) mass is 264 g/mol. The lowest BCUT2D eigenvalue weighted by Gasteiger charge is -2.32. The lowest BCUT2D eigenvalue weighted by Crippen LogP contribution is -2.43. The molecule has 0 aromatic heterocycles. The van der Waals surface area contributed by atoms with Gasteiger partial charge in [-0.2, -0.15) is 0 Å². The summed E-state index contributed by atoms with van der Waals surface area (Å²) in [6.07, 6.45) is 0. The molecule has 0 spiro atoms. The third-order valence-electron chi connectivity index (χ3n) is 3.52. The van der Waals surface area contributed by atoms with Gasteiger partial charge in [-0.1, -0.05) is 0 Å². The van der Waals surface area contributed by atoms with Crippen molar-refractivity contribution in [1.29, 1.82) is 0 Å². The average Bonchev–Trinajstić information content (AvgIpc) is 2.41. The molecule has 0 unspecified atom stereocenters. The predicted molar refractivity (Wildman–Crippen MR) is 72.7 cm³/mol. The molecule has 1 N–H and O–H groups in total. The van der Waals surface area contributed by atoms with Crippen LogP contribution in [0.4, 0.5) is 0 Å². The van der Waals surface area contributed by atoms with E-state index in [0.29, 0.717) is 5.56 Å². The highest BCUT2D eigenvalue weighted by Gasteiger charge is 2.16. The van der Waals surface area contributed by atoms with E-state index < -0.39 is 5.97 Å². The molecule has 0 saturated carbocycles. The second-order valence-electron chi connectivity index (χ2n) is 4.91. The molecule has 1 fully saturated rings. The van der Waals surface area contributed by atoms with Gasteiger partial charge in [-0.05, 0) is 25.2 Å². The number of piperazine rings is 1. The Kier molecular flexibility index (Phi) is 4.39. The molecule has 0 amide bonds. The molecule has 0 atom stereocenters. The number of aromatic carboxylic acids is 1. The predicted octanol–water partition coefficient (Wildman–Crippen LogP) is 1.14. The van der Waals surface area contributed by atoms with Gasteiger partial charge >= 0.3 is 5.97 Å². The Hall–Kier alpha value is -1.59. The number of hydrogen-bond donors (Lipinski definition) is 1. The lowest BCUT2D eigenvalue weighted by atomic mass is 10.1. The molecule has 19 heavy (non-hydrogen) atoms. The van der Waals surface area contributed by atoms with Gasteiger partial charge < -0.3 is 14.7 Å². The van der Waals surface area contributed by atoms with Gasteiger partial charge in [0.15, 0.2) is 0 Å². The van der Waals surface area contributed by atoms with Crippen molar-refractivity contribution in [2.24, 2.45) is 0 Å². The molecule has 2 rings (SSSR count). The highest BCUT2D eigenvalue weighted by atomic mass is 16.5. The molecular formula is C14H20N2O3. The molecule has 0 bridgehead atoms.